The Kier molecular flexibility index (Phi) is 6.59. The van der Waals surface area contributed by atoms with E-state index in [0.29, 0.717) is 29.7 Å². The van der Waals surface area contributed by atoms with Crippen molar-refractivity contribution in [2.24, 2.45) is 10.7 Å². The van der Waals surface area contributed by atoms with Gasteiger partial charge in [0.1, 0.15) is 0 Å². The summed E-state index contributed by atoms with van der Waals surface area (Å²) in [6.07, 6.45) is 5.97. The van der Waals surface area contributed by atoms with Crippen LogP contribution in [0.15, 0.2) is 29.3 Å². The van der Waals surface area contributed by atoms with Crippen LogP contribution in [-0.4, -0.2) is 41.8 Å². The van der Waals surface area contributed by atoms with Crippen molar-refractivity contribution in [1.82, 2.24) is 10.2 Å². The monoisotopic (exact) mass is 442 g/mol. The topological polar surface area (TPSA) is 87.8 Å². The van der Waals surface area contributed by atoms with Crippen molar-refractivity contribution in [3.63, 3.8) is 0 Å². The number of amides is 2. The van der Waals surface area contributed by atoms with E-state index in [1.165, 1.54) is 24.2 Å². The smallest absolute Gasteiger partial charge is 0.261 e. The van der Waals surface area contributed by atoms with Gasteiger partial charge in [0.25, 0.3) is 11.8 Å². The Balaban J connectivity index is 0.00000208. The fraction of sp³-hybridized carbons (Fsp3) is 0.471. The summed E-state index contributed by atoms with van der Waals surface area (Å²) in [5.41, 5.74) is 6.83. The number of fused-ring (bicyclic) bond motifs is 1. The SMILES string of the molecule is I.NC(=NCCN1C(=O)c2ccccc2C1=O)NC1CCCCC1. The van der Waals surface area contributed by atoms with Gasteiger partial charge in [-0.1, -0.05) is 31.4 Å². The van der Waals surface area contributed by atoms with Crippen LogP contribution in [0.3, 0.4) is 0 Å². The normalized spacial score (nSPS) is 18.3. The van der Waals surface area contributed by atoms with E-state index >= 15 is 0 Å². The lowest BCUT2D eigenvalue weighted by atomic mass is 9.96. The van der Waals surface area contributed by atoms with Gasteiger partial charge in [0, 0.05) is 12.6 Å². The molecule has 2 amide bonds. The minimum absolute atomic E-state index is 0. The van der Waals surface area contributed by atoms with Gasteiger partial charge in [-0.05, 0) is 25.0 Å². The molecule has 1 aliphatic heterocycles. The van der Waals surface area contributed by atoms with Crippen LogP contribution in [0.5, 0.6) is 0 Å². The summed E-state index contributed by atoms with van der Waals surface area (Å²) in [7, 11) is 0. The van der Waals surface area contributed by atoms with Gasteiger partial charge in [0.05, 0.1) is 17.7 Å². The number of carbonyl (C=O) groups is 2. The highest BCUT2D eigenvalue weighted by Crippen LogP contribution is 2.22. The maximum Gasteiger partial charge on any atom is 0.261 e. The second-order valence-electron chi connectivity index (χ2n) is 6.05. The van der Waals surface area contributed by atoms with E-state index in [4.69, 9.17) is 5.73 Å². The number of benzene rings is 1. The van der Waals surface area contributed by atoms with E-state index < -0.39 is 0 Å². The number of nitrogens with one attached hydrogen (secondary N) is 1. The van der Waals surface area contributed by atoms with E-state index in [1.807, 2.05) is 0 Å². The number of guanidine groups is 1. The molecule has 0 bridgehead atoms. The molecule has 0 aromatic heterocycles. The molecule has 0 spiro atoms. The van der Waals surface area contributed by atoms with Crippen LogP contribution >= 0.6 is 24.0 Å². The lowest BCUT2D eigenvalue weighted by molar-refractivity contribution is 0.0659. The van der Waals surface area contributed by atoms with Crippen molar-refractivity contribution in [2.75, 3.05) is 13.1 Å². The van der Waals surface area contributed by atoms with Crippen LogP contribution < -0.4 is 11.1 Å². The van der Waals surface area contributed by atoms with Crippen molar-refractivity contribution >= 4 is 41.8 Å². The van der Waals surface area contributed by atoms with Gasteiger partial charge in [-0.3, -0.25) is 19.5 Å². The van der Waals surface area contributed by atoms with Crippen LogP contribution in [-0.2, 0) is 0 Å². The first-order chi connectivity index (χ1) is 11.2. The van der Waals surface area contributed by atoms with Gasteiger partial charge >= 0.3 is 0 Å². The molecule has 1 aromatic rings. The third kappa shape index (κ3) is 4.06. The number of nitrogens with zero attached hydrogens (tertiary/aromatic N) is 2. The molecule has 0 radical (unpaired) electrons. The Morgan fingerprint density at radius 1 is 1.12 bits per heavy atom. The molecule has 3 rings (SSSR count). The van der Waals surface area contributed by atoms with Gasteiger partial charge in [-0.2, -0.15) is 0 Å². The highest BCUT2D eigenvalue weighted by molar-refractivity contribution is 14.0. The number of imide groups is 1. The zero-order valence-corrected chi connectivity index (χ0v) is 15.9. The highest BCUT2D eigenvalue weighted by atomic mass is 127. The molecule has 1 saturated carbocycles. The summed E-state index contributed by atoms with van der Waals surface area (Å²) in [5, 5.41) is 3.22. The Morgan fingerprint density at radius 3 is 2.29 bits per heavy atom. The average Bonchev–Trinajstić information content (AvgIpc) is 2.81. The number of hydrogen-bond acceptors (Lipinski definition) is 3. The molecule has 0 unspecified atom stereocenters. The van der Waals surface area contributed by atoms with Crippen molar-refractivity contribution in [1.29, 1.82) is 0 Å². The van der Waals surface area contributed by atoms with Gasteiger partial charge in [-0.25, -0.2) is 0 Å². The zero-order chi connectivity index (χ0) is 16.2. The molecule has 3 N–H and O–H groups in total. The van der Waals surface area contributed by atoms with Crippen molar-refractivity contribution in [2.45, 2.75) is 38.1 Å². The van der Waals surface area contributed by atoms with Crippen LogP contribution in [0.4, 0.5) is 0 Å². The third-order valence-corrected chi connectivity index (χ3v) is 4.44. The standard InChI is InChI=1S/C17H22N4O2.HI/c18-17(20-12-6-2-1-3-7-12)19-10-11-21-15(22)13-8-4-5-9-14(13)16(21)23;/h4-5,8-9,12H,1-3,6-7,10-11H2,(H3,18,19,20);1H. The second-order valence-corrected chi connectivity index (χ2v) is 6.05. The Bertz CT molecular complexity index is 606. The first-order valence-electron chi connectivity index (χ1n) is 8.18. The summed E-state index contributed by atoms with van der Waals surface area (Å²) in [6, 6.07) is 7.28. The van der Waals surface area contributed by atoms with E-state index in [1.54, 1.807) is 24.3 Å². The maximum atomic E-state index is 12.2. The molecule has 1 fully saturated rings. The maximum absolute atomic E-state index is 12.2. The van der Waals surface area contributed by atoms with Crippen molar-refractivity contribution in [3.05, 3.63) is 35.4 Å². The van der Waals surface area contributed by atoms with Crippen LogP contribution in [0.1, 0.15) is 52.8 Å². The fourth-order valence-electron chi connectivity index (χ4n) is 3.21. The molecule has 1 heterocycles. The molecule has 1 aliphatic carbocycles. The molecule has 6 nitrogen and oxygen atoms in total. The van der Waals surface area contributed by atoms with E-state index in [0.717, 1.165) is 12.8 Å². The van der Waals surface area contributed by atoms with E-state index in [9.17, 15) is 9.59 Å². The van der Waals surface area contributed by atoms with Crippen LogP contribution in [0.2, 0.25) is 0 Å². The Morgan fingerprint density at radius 2 is 1.71 bits per heavy atom. The number of nitrogens with two attached hydrogens (primary N) is 1. The van der Waals surface area contributed by atoms with Crippen LogP contribution in [0, 0.1) is 0 Å². The Hall–Kier alpha value is -1.64. The Labute approximate surface area is 158 Å². The first kappa shape index (κ1) is 18.7. The fourth-order valence-corrected chi connectivity index (χ4v) is 3.21. The van der Waals surface area contributed by atoms with Gasteiger partial charge < -0.3 is 11.1 Å². The summed E-state index contributed by atoms with van der Waals surface area (Å²) in [6.45, 7) is 0.566. The highest BCUT2D eigenvalue weighted by Gasteiger charge is 2.34. The lowest BCUT2D eigenvalue weighted by Gasteiger charge is -2.23. The molecule has 2 aliphatic rings. The summed E-state index contributed by atoms with van der Waals surface area (Å²) in [5.74, 6) is -0.104. The minimum Gasteiger partial charge on any atom is -0.370 e. The molecule has 130 valence electrons. The molecular formula is C17H23IN4O2. The van der Waals surface area contributed by atoms with Crippen molar-refractivity contribution in [3.8, 4) is 0 Å². The summed E-state index contributed by atoms with van der Waals surface area (Å²) < 4.78 is 0. The third-order valence-electron chi connectivity index (χ3n) is 4.44. The van der Waals surface area contributed by atoms with Crippen LogP contribution in [0.25, 0.3) is 0 Å². The van der Waals surface area contributed by atoms with E-state index in [-0.39, 0.29) is 42.3 Å². The first-order valence-corrected chi connectivity index (χ1v) is 8.18. The quantitative estimate of drug-likeness (QED) is 0.324. The van der Waals surface area contributed by atoms with Crippen molar-refractivity contribution < 1.29 is 9.59 Å². The van der Waals surface area contributed by atoms with Gasteiger partial charge in [0.2, 0.25) is 0 Å². The molecule has 7 heteroatoms. The number of carbonyl (C=O) groups excluding carboxylic acids is 2. The summed E-state index contributed by atoms with van der Waals surface area (Å²) in [4.78, 5) is 29.9. The predicted molar refractivity (Wildman–Crippen MR) is 104 cm³/mol. The van der Waals surface area contributed by atoms with Gasteiger partial charge in [-0.15, -0.1) is 24.0 Å². The summed E-state index contributed by atoms with van der Waals surface area (Å²) >= 11 is 0. The molecule has 0 atom stereocenters. The number of halogens is 1. The molecule has 24 heavy (non-hydrogen) atoms. The number of rotatable bonds is 4. The predicted octanol–water partition coefficient (Wildman–Crippen LogP) is 2.14. The van der Waals surface area contributed by atoms with Gasteiger partial charge in [0.15, 0.2) is 5.96 Å². The van der Waals surface area contributed by atoms with E-state index in [2.05, 4.69) is 10.3 Å². The zero-order valence-electron chi connectivity index (χ0n) is 13.5. The molecular weight excluding hydrogens is 419 g/mol. The minimum atomic E-state index is -0.250. The number of aliphatic imine (C=N–C) groups is 1. The average molecular weight is 442 g/mol. The molecule has 0 saturated heterocycles. The lowest BCUT2D eigenvalue weighted by Crippen LogP contribution is -2.41. The largest absolute Gasteiger partial charge is 0.370 e. The second kappa shape index (κ2) is 8.46. The number of hydrogen-bond donors (Lipinski definition) is 2. The molecule has 1 aromatic carbocycles.